The summed E-state index contributed by atoms with van der Waals surface area (Å²) >= 11 is 4.61. The molecule has 0 aromatic heterocycles. The third kappa shape index (κ3) is 4.86. The Hall–Kier alpha value is -1.33. The summed E-state index contributed by atoms with van der Waals surface area (Å²) in [5.41, 5.74) is 2.44. The zero-order valence-corrected chi connectivity index (χ0v) is 13.9. The third-order valence-corrected chi connectivity index (χ3v) is 4.40. The molecule has 0 radical (unpaired) electrons. The van der Waals surface area contributed by atoms with Crippen molar-refractivity contribution in [2.24, 2.45) is 0 Å². The molecule has 2 nitrogen and oxygen atoms in total. The Balaban J connectivity index is 1.83. The summed E-state index contributed by atoms with van der Waals surface area (Å²) in [5, 5.41) is 2.86. The topological polar surface area (TPSA) is 29.1 Å². The molecule has 0 bridgehead atoms. The molecule has 2 aromatic rings. The molecular weight excluding hydrogens is 353 g/mol. The predicted molar refractivity (Wildman–Crippen MR) is 90.1 cm³/mol. The van der Waals surface area contributed by atoms with Crippen LogP contribution in [0.1, 0.15) is 11.1 Å². The van der Waals surface area contributed by atoms with Gasteiger partial charge in [0.25, 0.3) is 0 Å². The van der Waals surface area contributed by atoms with Crippen LogP contribution in [0, 0.1) is 12.7 Å². The van der Waals surface area contributed by atoms with Gasteiger partial charge in [0.15, 0.2) is 0 Å². The first-order valence-corrected chi connectivity index (χ1v) is 8.38. The molecule has 2 aromatic carbocycles. The maximum absolute atomic E-state index is 13.6. The van der Waals surface area contributed by atoms with Gasteiger partial charge in [0, 0.05) is 15.9 Å². The first kappa shape index (κ1) is 16.0. The van der Waals surface area contributed by atoms with Crippen molar-refractivity contribution in [1.29, 1.82) is 0 Å². The normalized spacial score (nSPS) is 10.4. The molecule has 0 fully saturated rings. The van der Waals surface area contributed by atoms with E-state index in [9.17, 15) is 9.18 Å². The van der Waals surface area contributed by atoms with Crippen LogP contribution < -0.4 is 5.32 Å². The van der Waals surface area contributed by atoms with Crippen LogP contribution in [0.4, 0.5) is 10.1 Å². The van der Waals surface area contributed by atoms with Crippen LogP contribution in [0.15, 0.2) is 46.9 Å². The standard InChI is InChI=1S/C16H15BrFNOS/c1-11-4-2-3-5-15(11)19-16(20)10-21-9-12-6-7-13(17)8-14(12)18/h2-8H,9-10H2,1H3,(H,19,20). The van der Waals surface area contributed by atoms with Crippen LogP contribution in [0.2, 0.25) is 0 Å². The first-order valence-electron chi connectivity index (χ1n) is 6.43. The highest BCUT2D eigenvalue weighted by atomic mass is 79.9. The highest BCUT2D eigenvalue weighted by Gasteiger charge is 2.07. The lowest BCUT2D eigenvalue weighted by atomic mass is 10.2. The number of hydrogen-bond acceptors (Lipinski definition) is 2. The van der Waals surface area contributed by atoms with Crippen molar-refractivity contribution in [1.82, 2.24) is 0 Å². The summed E-state index contributed by atoms with van der Waals surface area (Å²) in [4.78, 5) is 11.9. The van der Waals surface area contributed by atoms with E-state index in [2.05, 4.69) is 21.2 Å². The van der Waals surface area contributed by atoms with Crippen molar-refractivity contribution in [2.75, 3.05) is 11.1 Å². The van der Waals surface area contributed by atoms with Crippen LogP contribution in [0.5, 0.6) is 0 Å². The molecule has 5 heteroatoms. The van der Waals surface area contributed by atoms with Gasteiger partial charge in [-0.3, -0.25) is 4.79 Å². The summed E-state index contributed by atoms with van der Waals surface area (Å²) in [6.07, 6.45) is 0. The number of amides is 1. The Morgan fingerprint density at radius 1 is 1.29 bits per heavy atom. The summed E-state index contributed by atoms with van der Waals surface area (Å²) < 4.78 is 14.3. The zero-order chi connectivity index (χ0) is 15.2. The second-order valence-electron chi connectivity index (χ2n) is 4.59. The van der Waals surface area contributed by atoms with Crippen LogP contribution in [-0.2, 0) is 10.5 Å². The smallest absolute Gasteiger partial charge is 0.234 e. The van der Waals surface area contributed by atoms with E-state index in [0.29, 0.717) is 21.5 Å². The number of halogens is 2. The average molecular weight is 368 g/mol. The molecule has 2 rings (SSSR count). The third-order valence-electron chi connectivity index (χ3n) is 2.92. The Bertz CT molecular complexity index is 648. The van der Waals surface area contributed by atoms with Gasteiger partial charge in [0.05, 0.1) is 5.75 Å². The molecule has 1 N–H and O–H groups in total. The molecule has 0 spiro atoms. The lowest BCUT2D eigenvalue weighted by Gasteiger charge is -2.08. The van der Waals surface area contributed by atoms with Crippen LogP contribution in [0.3, 0.4) is 0 Å². The van der Waals surface area contributed by atoms with Gasteiger partial charge >= 0.3 is 0 Å². The van der Waals surface area contributed by atoms with Gasteiger partial charge in [-0.05, 0) is 36.2 Å². The maximum atomic E-state index is 13.6. The van der Waals surface area contributed by atoms with Gasteiger partial charge < -0.3 is 5.32 Å². The van der Waals surface area contributed by atoms with Crippen molar-refractivity contribution < 1.29 is 9.18 Å². The number of hydrogen-bond donors (Lipinski definition) is 1. The highest BCUT2D eigenvalue weighted by molar-refractivity contribution is 9.10. The highest BCUT2D eigenvalue weighted by Crippen LogP contribution is 2.20. The Labute approximate surface area is 136 Å². The van der Waals surface area contributed by atoms with Crippen molar-refractivity contribution in [2.45, 2.75) is 12.7 Å². The van der Waals surface area contributed by atoms with E-state index >= 15 is 0 Å². The fourth-order valence-corrected chi connectivity index (χ4v) is 2.94. The fraction of sp³-hybridized carbons (Fsp3) is 0.188. The number of carbonyl (C=O) groups excluding carboxylic acids is 1. The van der Waals surface area contributed by atoms with Gasteiger partial charge in [-0.15, -0.1) is 11.8 Å². The van der Waals surface area contributed by atoms with Crippen LogP contribution in [-0.4, -0.2) is 11.7 Å². The number of nitrogens with one attached hydrogen (secondary N) is 1. The maximum Gasteiger partial charge on any atom is 0.234 e. The summed E-state index contributed by atoms with van der Waals surface area (Å²) in [6, 6.07) is 12.6. The average Bonchev–Trinajstić information content (AvgIpc) is 2.44. The molecule has 110 valence electrons. The minimum Gasteiger partial charge on any atom is -0.325 e. The van der Waals surface area contributed by atoms with E-state index in [-0.39, 0.29) is 11.7 Å². The van der Waals surface area contributed by atoms with E-state index in [1.807, 2.05) is 31.2 Å². The van der Waals surface area contributed by atoms with E-state index in [0.717, 1.165) is 11.3 Å². The SMILES string of the molecule is Cc1ccccc1NC(=O)CSCc1ccc(Br)cc1F. The minimum absolute atomic E-state index is 0.0770. The van der Waals surface area contributed by atoms with Gasteiger partial charge in [0.1, 0.15) is 5.82 Å². The van der Waals surface area contributed by atoms with Crippen LogP contribution in [0.25, 0.3) is 0 Å². The van der Waals surface area contributed by atoms with Crippen LogP contribution >= 0.6 is 27.7 Å². The fourth-order valence-electron chi connectivity index (χ4n) is 1.79. The van der Waals surface area contributed by atoms with E-state index in [1.54, 1.807) is 12.1 Å². The first-order chi connectivity index (χ1) is 10.1. The van der Waals surface area contributed by atoms with E-state index in [1.165, 1.54) is 17.8 Å². The summed E-state index contributed by atoms with van der Waals surface area (Å²) in [5.74, 6) is 0.437. The minimum atomic E-state index is -0.254. The second-order valence-corrected chi connectivity index (χ2v) is 6.49. The molecule has 1 amide bonds. The molecule has 21 heavy (non-hydrogen) atoms. The lowest BCUT2D eigenvalue weighted by molar-refractivity contribution is -0.113. The number of anilines is 1. The van der Waals surface area contributed by atoms with Crippen molar-refractivity contribution in [3.05, 3.63) is 63.9 Å². The van der Waals surface area contributed by atoms with E-state index < -0.39 is 0 Å². The van der Waals surface area contributed by atoms with Gasteiger partial charge in [0.2, 0.25) is 5.91 Å². The van der Waals surface area contributed by atoms with Gasteiger partial charge in [-0.25, -0.2) is 4.39 Å². The number of benzene rings is 2. The number of thioether (sulfide) groups is 1. The quantitative estimate of drug-likeness (QED) is 0.824. The number of rotatable bonds is 5. The molecule has 0 atom stereocenters. The lowest BCUT2D eigenvalue weighted by Crippen LogP contribution is -2.14. The Kier molecular flexibility index (Phi) is 5.82. The van der Waals surface area contributed by atoms with E-state index in [4.69, 9.17) is 0 Å². The molecule has 0 saturated heterocycles. The number of carbonyl (C=O) groups is 1. The monoisotopic (exact) mass is 367 g/mol. The molecule has 0 heterocycles. The molecular formula is C16H15BrFNOS. The van der Waals surface area contributed by atoms with Crippen molar-refractivity contribution in [3.8, 4) is 0 Å². The van der Waals surface area contributed by atoms with Crippen molar-refractivity contribution in [3.63, 3.8) is 0 Å². The Morgan fingerprint density at radius 3 is 2.76 bits per heavy atom. The number of para-hydroxylation sites is 1. The summed E-state index contributed by atoms with van der Waals surface area (Å²) in [7, 11) is 0. The zero-order valence-electron chi connectivity index (χ0n) is 11.5. The molecule has 0 aliphatic rings. The second kappa shape index (κ2) is 7.61. The van der Waals surface area contributed by atoms with Crippen molar-refractivity contribution >= 4 is 39.3 Å². The molecule has 0 unspecified atom stereocenters. The number of aryl methyl sites for hydroxylation is 1. The largest absolute Gasteiger partial charge is 0.325 e. The molecule has 0 saturated carbocycles. The summed E-state index contributed by atoms with van der Waals surface area (Å²) in [6.45, 7) is 1.94. The van der Waals surface area contributed by atoms with Gasteiger partial charge in [-0.1, -0.05) is 40.2 Å². The van der Waals surface area contributed by atoms with Gasteiger partial charge in [-0.2, -0.15) is 0 Å². The Morgan fingerprint density at radius 2 is 2.05 bits per heavy atom. The predicted octanol–water partition coefficient (Wildman–Crippen LogP) is 4.77. The molecule has 0 aliphatic carbocycles. The molecule has 0 aliphatic heterocycles.